The standard InChI is InChI=1S/C11H23N/c1-5-9-12-11(6-2)8-7-10(3)4/h10H,5-9H2,1-4H3. The second-order valence-corrected chi connectivity index (χ2v) is 3.73. The molecule has 0 rings (SSSR count). The van der Waals surface area contributed by atoms with E-state index in [2.05, 4.69) is 32.7 Å². The van der Waals surface area contributed by atoms with E-state index >= 15 is 0 Å². The van der Waals surface area contributed by atoms with Crippen LogP contribution in [-0.4, -0.2) is 12.3 Å². The summed E-state index contributed by atoms with van der Waals surface area (Å²) in [5.74, 6) is 0.809. The van der Waals surface area contributed by atoms with Gasteiger partial charge in [0, 0.05) is 12.3 Å². The average Bonchev–Trinajstić information content (AvgIpc) is 2.05. The molecule has 0 aromatic heterocycles. The van der Waals surface area contributed by atoms with Crippen LogP contribution in [0.4, 0.5) is 0 Å². The zero-order valence-electron chi connectivity index (χ0n) is 9.06. The van der Waals surface area contributed by atoms with Crippen LogP contribution >= 0.6 is 0 Å². The molecule has 1 heteroatoms. The van der Waals surface area contributed by atoms with E-state index in [1.54, 1.807) is 0 Å². The fourth-order valence-electron chi connectivity index (χ4n) is 1.09. The first kappa shape index (κ1) is 11.7. The van der Waals surface area contributed by atoms with E-state index in [0.717, 1.165) is 18.9 Å². The van der Waals surface area contributed by atoms with Gasteiger partial charge in [0.2, 0.25) is 0 Å². The Balaban J connectivity index is 3.66. The predicted octanol–water partition coefficient (Wildman–Crippen LogP) is 3.68. The molecule has 0 unspecified atom stereocenters. The van der Waals surface area contributed by atoms with Crippen LogP contribution in [-0.2, 0) is 0 Å². The van der Waals surface area contributed by atoms with Gasteiger partial charge in [0.15, 0.2) is 0 Å². The second-order valence-electron chi connectivity index (χ2n) is 3.73. The molecule has 0 fully saturated rings. The quantitative estimate of drug-likeness (QED) is 0.538. The SMILES string of the molecule is CCCN=C(CC)CCC(C)C. The lowest BCUT2D eigenvalue weighted by atomic mass is 10.0. The van der Waals surface area contributed by atoms with Gasteiger partial charge in [0.05, 0.1) is 0 Å². The van der Waals surface area contributed by atoms with Crippen LogP contribution in [0.25, 0.3) is 0 Å². The molecule has 0 saturated carbocycles. The van der Waals surface area contributed by atoms with Crippen LogP contribution in [0.3, 0.4) is 0 Å². The van der Waals surface area contributed by atoms with Gasteiger partial charge >= 0.3 is 0 Å². The van der Waals surface area contributed by atoms with Gasteiger partial charge in [-0.3, -0.25) is 4.99 Å². The molecule has 12 heavy (non-hydrogen) atoms. The summed E-state index contributed by atoms with van der Waals surface area (Å²) < 4.78 is 0. The summed E-state index contributed by atoms with van der Waals surface area (Å²) >= 11 is 0. The number of nitrogens with zero attached hydrogens (tertiary/aromatic N) is 1. The van der Waals surface area contributed by atoms with Crippen LogP contribution in [0.1, 0.15) is 53.4 Å². The minimum Gasteiger partial charge on any atom is -0.294 e. The maximum Gasteiger partial charge on any atom is 0.0386 e. The van der Waals surface area contributed by atoms with Crippen molar-refractivity contribution in [3.05, 3.63) is 0 Å². The third-order valence-electron chi connectivity index (χ3n) is 1.98. The van der Waals surface area contributed by atoms with E-state index in [1.807, 2.05) is 0 Å². The van der Waals surface area contributed by atoms with Gasteiger partial charge in [0.25, 0.3) is 0 Å². The summed E-state index contributed by atoms with van der Waals surface area (Å²) in [5.41, 5.74) is 1.41. The molecule has 0 amide bonds. The maximum absolute atomic E-state index is 4.55. The molecule has 0 saturated heterocycles. The molecular formula is C11H23N. The minimum atomic E-state index is 0.809. The van der Waals surface area contributed by atoms with Gasteiger partial charge in [-0.1, -0.05) is 27.7 Å². The second kappa shape index (κ2) is 7.33. The lowest BCUT2D eigenvalue weighted by Gasteiger charge is -2.05. The normalized spacial score (nSPS) is 12.6. The summed E-state index contributed by atoms with van der Waals surface area (Å²) in [6, 6.07) is 0. The van der Waals surface area contributed by atoms with Crippen molar-refractivity contribution < 1.29 is 0 Å². The number of rotatable bonds is 6. The highest BCUT2D eigenvalue weighted by Crippen LogP contribution is 2.06. The molecule has 0 aliphatic carbocycles. The highest BCUT2D eigenvalue weighted by Gasteiger charge is 1.98. The van der Waals surface area contributed by atoms with Crippen molar-refractivity contribution in [1.29, 1.82) is 0 Å². The van der Waals surface area contributed by atoms with Crippen molar-refractivity contribution in [3.8, 4) is 0 Å². The molecule has 0 aliphatic heterocycles. The van der Waals surface area contributed by atoms with Crippen LogP contribution in [0.2, 0.25) is 0 Å². The maximum atomic E-state index is 4.55. The van der Waals surface area contributed by atoms with Crippen LogP contribution in [0.5, 0.6) is 0 Å². The lowest BCUT2D eigenvalue weighted by molar-refractivity contribution is 0.600. The molecule has 0 heterocycles. The zero-order chi connectivity index (χ0) is 9.40. The summed E-state index contributed by atoms with van der Waals surface area (Å²) in [6.45, 7) is 9.94. The fourth-order valence-corrected chi connectivity index (χ4v) is 1.09. The smallest absolute Gasteiger partial charge is 0.0386 e. The van der Waals surface area contributed by atoms with E-state index in [0.29, 0.717) is 0 Å². The lowest BCUT2D eigenvalue weighted by Crippen LogP contribution is -2.00. The Morgan fingerprint density at radius 3 is 2.33 bits per heavy atom. The summed E-state index contributed by atoms with van der Waals surface area (Å²) in [6.07, 6.45) is 4.79. The number of hydrogen-bond acceptors (Lipinski definition) is 1. The third kappa shape index (κ3) is 6.38. The highest BCUT2D eigenvalue weighted by molar-refractivity contribution is 5.84. The number of hydrogen-bond donors (Lipinski definition) is 0. The van der Waals surface area contributed by atoms with Crippen molar-refractivity contribution >= 4 is 5.71 Å². The van der Waals surface area contributed by atoms with Gasteiger partial charge in [-0.2, -0.15) is 0 Å². The molecule has 0 atom stereocenters. The molecule has 72 valence electrons. The number of aliphatic imine (C=N–C) groups is 1. The highest BCUT2D eigenvalue weighted by atomic mass is 14.7. The van der Waals surface area contributed by atoms with Crippen molar-refractivity contribution in [3.63, 3.8) is 0 Å². The minimum absolute atomic E-state index is 0.809. The van der Waals surface area contributed by atoms with Gasteiger partial charge in [-0.15, -0.1) is 0 Å². The van der Waals surface area contributed by atoms with Crippen molar-refractivity contribution in [1.82, 2.24) is 0 Å². The third-order valence-corrected chi connectivity index (χ3v) is 1.98. The van der Waals surface area contributed by atoms with Gasteiger partial charge in [-0.25, -0.2) is 0 Å². The van der Waals surface area contributed by atoms with Crippen LogP contribution in [0.15, 0.2) is 4.99 Å². The van der Waals surface area contributed by atoms with Crippen molar-refractivity contribution in [2.75, 3.05) is 6.54 Å². The van der Waals surface area contributed by atoms with Gasteiger partial charge in [-0.05, 0) is 31.6 Å². The van der Waals surface area contributed by atoms with Crippen molar-refractivity contribution in [2.24, 2.45) is 10.9 Å². The molecule has 0 aromatic rings. The largest absolute Gasteiger partial charge is 0.294 e. The Kier molecular flexibility index (Phi) is 7.12. The van der Waals surface area contributed by atoms with Crippen LogP contribution < -0.4 is 0 Å². The van der Waals surface area contributed by atoms with E-state index in [1.165, 1.54) is 25.0 Å². The van der Waals surface area contributed by atoms with Crippen LogP contribution in [0, 0.1) is 5.92 Å². The summed E-state index contributed by atoms with van der Waals surface area (Å²) in [5, 5.41) is 0. The Labute approximate surface area is 77.3 Å². The van der Waals surface area contributed by atoms with Gasteiger partial charge in [0.1, 0.15) is 0 Å². The zero-order valence-corrected chi connectivity index (χ0v) is 9.06. The van der Waals surface area contributed by atoms with E-state index in [9.17, 15) is 0 Å². The molecule has 0 bridgehead atoms. The molecule has 0 spiro atoms. The van der Waals surface area contributed by atoms with E-state index in [4.69, 9.17) is 0 Å². The summed E-state index contributed by atoms with van der Waals surface area (Å²) in [7, 11) is 0. The molecule has 0 N–H and O–H groups in total. The summed E-state index contributed by atoms with van der Waals surface area (Å²) in [4.78, 5) is 4.55. The Morgan fingerprint density at radius 2 is 1.92 bits per heavy atom. The Bertz CT molecular complexity index is 125. The Morgan fingerprint density at radius 1 is 1.25 bits per heavy atom. The monoisotopic (exact) mass is 169 g/mol. The Hall–Kier alpha value is -0.330. The predicted molar refractivity (Wildman–Crippen MR) is 57.0 cm³/mol. The average molecular weight is 169 g/mol. The van der Waals surface area contributed by atoms with E-state index < -0.39 is 0 Å². The fraction of sp³-hybridized carbons (Fsp3) is 0.909. The van der Waals surface area contributed by atoms with Gasteiger partial charge < -0.3 is 0 Å². The first-order valence-corrected chi connectivity index (χ1v) is 5.22. The molecule has 0 aromatic carbocycles. The molecule has 0 radical (unpaired) electrons. The first-order valence-electron chi connectivity index (χ1n) is 5.22. The molecular weight excluding hydrogens is 146 g/mol. The first-order chi connectivity index (χ1) is 5.70. The van der Waals surface area contributed by atoms with E-state index in [-0.39, 0.29) is 0 Å². The molecule has 0 aliphatic rings. The van der Waals surface area contributed by atoms with Crippen molar-refractivity contribution in [2.45, 2.75) is 53.4 Å². The topological polar surface area (TPSA) is 12.4 Å². The molecule has 1 nitrogen and oxygen atoms in total.